The van der Waals surface area contributed by atoms with Crippen LogP contribution in [0.3, 0.4) is 0 Å². The number of hydrogen-bond acceptors (Lipinski definition) is 5. The van der Waals surface area contributed by atoms with E-state index in [9.17, 15) is 4.79 Å². The van der Waals surface area contributed by atoms with E-state index in [1.807, 2.05) is 4.68 Å². The fourth-order valence-corrected chi connectivity index (χ4v) is 2.74. The van der Waals surface area contributed by atoms with Crippen LogP contribution in [0.2, 0.25) is 0 Å². The molecule has 0 radical (unpaired) electrons. The molecule has 1 fully saturated rings. The normalized spacial score (nSPS) is 17.4. The van der Waals surface area contributed by atoms with Gasteiger partial charge in [-0.3, -0.25) is 4.79 Å². The van der Waals surface area contributed by atoms with Gasteiger partial charge in [0.25, 0.3) is 5.91 Å². The van der Waals surface area contributed by atoms with E-state index in [0.29, 0.717) is 18.3 Å². The summed E-state index contributed by atoms with van der Waals surface area (Å²) in [5, 5.41) is 14.5. The van der Waals surface area contributed by atoms with E-state index in [1.54, 1.807) is 13.3 Å². The molecular weight excluding hydrogens is 282 g/mol. The number of carbonyl (C=O) groups is 1. The van der Waals surface area contributed by atoms with E-state index in [2.05, 4.69) is 27.9 Å². The van der Waals surface area contributed by atoms with E-state index in [0.717, 1.165) is 45.2 Å². The van der Waals surface area contributed by atoms with Crippen molar-refractivity contribution in [1.82, 2.24) is 25.6 Å². The lowest BCUT2D eigenvalue weighted by atomic mass is 10.1. The highest BCUT2D eigenvalue weighted by molar-refractivity contribution is 5.92. The first-order valence-corrected chi connectivity index (χ1v) is 8.17. The second kappa shape index (κ2) is 8.85. The van der Waals surface area contributed by atoms with Crippen LogP contribution in [0.15, 0.2) is 6.20 Å². The van der Waals surface area contributed by atoms with Crippen LogP contribution in [0.5, 0.6) is 0 Å². The van der Waals surface area contributed by atoms with Crippen LogP contribution in [0.4, 0.5) is 0 Å². The van der Waals surface area contributed by atoms with E-state index in [-0.39, 0.29) is 11.9 Å². The molecule has 0 aromatic carbocycles. The number of nitrogens with zero attached hydrogens (tertiary/aromatic N) is 3. The van der Waals surface area contributed by atoms with Crippen LogP contribution in [0.25, 0.3) is 0 Å². The monoisotopic (exact) mass is 309 g/mol. The van der Waals surface area contributed by atoms with E-state index < -0.39 is 0 Å². The lowest BCUT2D eigenvalue weighted by Gasteiger charge is -2.22. The van der Waals surface area contributed by atoms with Gasteiger partial charge in [0.15, 0.2) is 5.69 Å². The Labute approximate surface area is 131 Å². The molecule has 7 heteroatoms. The minimum absolute atomic E-state index is 0.0291. The lowest BCUT2D eigenvalue weighted by molar-refractivity contribution is 0.0885. The molecule has 2 rings (SSSR count). The van der Waals surface area contributed by atoms with Crippen molar-refractivity contribution >= 4 is 5.91 Å². The van der Waals surface area contributed by atoms with Gasteiger partial charge in [0.2, 0.25) is 0 Å². The predicted octanol–water partition coefficient (Wildman–Crippen LogP) is 1.14. The van der Waals surface area contributed by atoms with Crippen molar-refractivity contribution in [3.8, 4) is 0 Å². The van der Waals surface area contributed by atoms with Gasteiger partial charge in [-0.15, -0.1) is 5.10 Å². The summed E-state index contributed by atoms with van der Waals surface area (Å²) >= 11 is 0. The van der Waals surface area contributed by atoms with Gasteiger partial charge in [-0.05, 0) is 32.4 Å². The highest BCUT2D eigenvalue weighted by Crippen LogP contribution is 2.17. The first-order valence-electron chi connectivity index (χ1n) is 8.17. The number of aromatic nitrogens is 3. The van der Waals surface area contributed by atoms with Gasteiger partial charge >= 0.3 is 0 Å². The number of rotatable bonds is 8. The average Bonchev–Trinajstić information content (AvgIpc) is 3.04. The second-order valence-electron chi connectivity index (χ2n) is 5.83. The Bertz CT molecular complexity index is 457. The lowest BCUT2D eigenvalue weighted by Crippen LogP contribution is -2.38. The molecular formula is C15H27N5O2. The van der Waals surface area contributed by atoms with Gasteiger partial charge in [0.1, 0.15) is 0 Å². The molecule has 1 amide bonds. The molecule has 2 N–H and O–H groups in total. The molecule has 1 unspecified atom stereocenters. The van der Waals surface area contributed by atoms with Crippen LogP contribution in [-0.4, -0.2) is 53.7 Å². The SMILES string of the molecule is CCCCC(COC)NC(=O)c1cn(C2CCNCC2)nn1. The molecule has 1 saturated heterocycles. The average molecular weight is 309 g/mol. The quantitative estimate of drug-likeness (QED) is 0.752. The van der Waals surface area contributed by atoms with Gasteiger partial charge in [-0.1, -0.05) is 25.0 Å². The van der Waals surface area contributed by atoms with E-state index in [1.165, 1.54) is 0 Å². The largest absolute Gasteiger partial charge is 0.383 e. The van der Waals surface area contributed by atoms with Gasteiger partial charge < -0.3 is 15.4 Å². The molecule has 1 aliphatic heterocycles. The molecule has 1 atom stereocenters. The van der Waals surface area contributed by atoms with Crippen molar-refractivity contribution in [3.63, 3.8) is 0 Å². The maximum Gasteiger partial charge on any atom is 0.273 e. The molecule has 0 bridgehead atoms. The number of amides is 1. The second-order valence-corrected chi connectivity index (χ2v) is 5.83. The molecule has 124 valence electrons. The van der Waals surface area contributed by atoms with Crippen molar-refractivity contribution in [2.45, 2.75) is 51.1 Å². The number of hydrogen-bond donors (Lipinski definition) is 2. The zero-order chi connectivity index (χ0) is 15.8. The molecule has 22 heavy (non-hydrogen) atoms. The summed E-state index contributed by atoms with van der Waals surface area (Å²) in [6, 6.07) is 0.367. The van der Waals surface area contributed by atoms with E-state index in [4.69, 9.17) is 4.74 Å². The third-order valence-electron chi connectivity index (χ3n) is 4.03. The highest BCUT2D eigenvalue weighted by atomic mass is 16.5. The summed E-state index contributed by atoms with van der Waals surface area (Å²) in [6.07, 6.45) is 6.88. The Morgan fingerprint density at radius 2 is 2.32 bits per heavy atom. The fourth-order valence-electron chi connectivity index (χ4n) is 2.74. The zero-order valence-corrected chi connectivity index (χ0v) is 13.5. The topological polar surface area (TPSA) is 81.1 Å². The minimum Gasteiger partial charge on any atom is -0.383 e. The van der Waals surface area contributed by atoms with Crippen LogP contribution in [0.1, 0.15) is 55.6 Å². The van der Waals surface area contributed by atoms with Crippen molar-refractivity contribution in [3.05, 3.63) is 11.9 Å². The Kier molecular flexibility index (Phi) is 6.79. The van der Waals surface area contributed by atoms with Crippen molar-refractivity contribution < 1.29 is 9.53 Å². The summed E-state index contributed by atoms with van der Waals surface area (Å²) in [7, 11) is 1.65. The Balaban J connectivity index is 1.92. The zero-order valence-electron chi connectivity index (χ0n) is 13.5. The summed E-state index contributed by atoms with van der Waals surface area (Å²) in [4.78, 5) is 12.3. The first-order chi connectivity index (χ1) is 10.7. The van der Waals surface area contributed by atoms with Gasteiger partial charge in [0, 0.05) is 7.11 Å². The first kappa shape index (κ1) is 16.9. The summed E-state index contributed by atoms with van der Waals surface area (Å²) < 4.78 is 7.00. The maximum absolute atomic E-state index is 12.3. The van der Waals surface area contributed by atoms with Gasteiger partial charge in [-0.2, -0.15) is 0 Å². The summed E-state index contributed by atoms with van der Waals surface area (Å²) in [6.45, 7) is 4.63. The molecule has 1 aromatic rings. The number of methoxy groups -OCH3 is 1. The number of nitrogens with one attached hydrogen (secondary N) is 2. The molecule has 0 saturated carbocycles. The Hall–Kier alpha value is -1.47. The predicted molar refractivity (Wildman–Crippen MR) is 83.8 cm³/mol. The van der Waals surface area contributed by atoms with Crippen LogP contribution < -0.4 is 10.6 Å². The van der Waals surface area contributed by atoms with Crippen LogP contribution in [0, 0.1) is 0 Å². The van der Waals surface area contributed by atoms with Crippen molar-refractivity contribution in [2.75, 3.05) is 26.8 Å². The van der Waals surface area contributed by atoms with Gasteiger partial charge in [0.05, 0.1) is 24.9 Å². The number of piperidine rings is 1. The third kappa shape index (κ3) is 4.78. The van der Waals surface area contributed by atoms with E-state index >= 15 is 0 Å². The molecule has 0 aliphatic carbocycles. The molecule has 2 heterocycles. The third-order valence-corrected chi connectivity index (χ3v) is 4.03. The fraction of sp³-hybridized carbons (Fsp3) is 0.800. The van der Waals surface area contributed by atoms with Crippen LogP contribution in [-0.2, 0) is 4.74 Å². The smallest absolute Gasteiger partial charge is 0.273 e. The number of carbonyl (C=O) groups excluding carboxylic acids is 1. The Morgan fingerprint density at radius 1 is 1.55 bits per heavy atom. The summed E-state index contributed by atoms with van der Waals surface area (Å²) in [5.41, 5.74) is 0.385. The maximum atomic E-state index is 12.3. The van der Waals surface area contributed by atoms with Crippen molar-refractivity contribution in [1.29, 1.82) is 0 Å². The van der Waals surface area contributed by atoms with Crippen molar-refractivity contribution in [2.24, 2.45) is 0 Å². The molecule has 1 aromatic heterocycles. The Morgan fingerprint density at radius 3 is 3.00 bits per heavy atom. The molecule has 0 spiro atoms. The van der Waals surface area contributed by atoms with Gasteiger partial charge in [-0.25, -0.2) is 4.68 Å². The minimum atomic E-state index is -0.168. The number of unbranched alkanes of at least 4 members (excludes halogenated alkanes) is 1. The molecule has 1 aliphatic rings. The standard InChI is InChI=1S/C15H27N5O2/c1-3-4-5-12(11-22-2)17-15(21)14-10-20(19-18-14)13-6-8-16-9-7-13/h10,12-13,16H,3-9,11H2,1-2H3,(H,17,21). The number of ether oxygens (including phenoxy) is 1. The molecule has 7 nitrogen and oxygen atoms in total. The highest BCUT2D eigenvalue weighted by Gasteiger charge is 2.20. The van der Waals surface area contributed by atoms with Crippen LogP contribution >= 0.6 is 0 Å². The summed E-state index contributed by atoms with van der Waals surface area (Å²) in [5.74, 6) is -0.168.